The molecule has 1 amide bonds. The minimum absolute atomic E-state index is 0.0911. The quantitative estimate of drug-likeness (QED) is 0.608. The van der Waals surface area contributed by atoms with Crippen LogP contribution in [0.3, 0.4) is 0 Å². The van der Waals surface area contributed by atoms with Crippen molar-refractivity contribution < 1.29 is 14.1 Å². The van der Waals surface area contributed by atoms with Crippen LogP contribution in [0.5, 0.6) is 0 Å². The number of carbonyl (C=O) groups excluding carboxylic acids is 1. The molecule has 22 heavy (non-hydrogen) atoms. The lowest BCUT2D eigenvalue weighted by molar-refractivity contribution is -0.906. The third-order valence-corrected chi connectivity index (χ3v) is 4.28. The summed E-state index contributed by atoms with van der Waals surface area (Å²) in [4.78, 5) is 13.4. The number of hydrogen-bond donors (Lipinski definition) is 2. The van der Waals surface area contributed by atoms with Gasteiger partial charge in [-0.15, -0.1) is 0 Å². The van der Waals surface area contributed by atoms with Crippen LogP contribution in [-0.4, -0.2) is 32.1 Å². The van der Waals surface area contributed by atoms with Crippen molar-refractivity contribution in [1.29, 1.82) is 0 Å². The molecule has 1 heterocycles. The highest BCUT2D eigenvalue weighted by Crippen LogP contribution is 2.06. The van der Waals surface area contributed by atoms with Crippen molar-refractivity contribution in [2.45, 2.75) is 26.2 Å². The molecule has 2 N–H and O–H groups in total. The van der Waals surface area contributed by atoms with Crippen molar-refractivity contribution in [3.05, 3.63) is 41.7 Å². The monoisotopic (exact) mass is 305 g/mol. The Morgan fingerprint density at radius 3 is 2.68 bits per heavy atom. The highest BCUT2D eigenvalue weighted by Gasteiger charge is 2.17. The van der Waals surface area contributed by atoms with Crippen molar-refractivity contribution in [3.8, 4) is 0 Å². The van der Waals surface area contributed by atoms with Gasteiger partial charge in [-0.25, -0.2) is 4.39 Å². The molecule has 1 saturated heterocycles. The minimum Gasteiger partial charge on any atom is -0.352 e. The average Bonchev–Trinajstić information content (AvgIpc) is 2.53. The highest BCUT2D eigenvalue weighted by atomic mass is 19.1. The number of quaternary nitrogens is 1. The van der Waals surface area contributed by atoms with E-state index in [1.54, 1.807) is 23.1 Å². The number of halogens is 1. The number of amides is 1. The molecule has 0 atom stereocenters. The topological polar surface area (TPSA) is 33.5 Å². The van der Waals surface area contributed by atoms with Crippen molar-refractivity contribution in [2.24, 2.45) is 5.92 Å². The summed E-state index contributed by atoms with van der Waals surface area (Å²) in [6.07, 6.45) is 6.86. The second-order valence-corrected chi connectivity index (χ2v) is 6.21. The molecule has 0 aliphatic carbocycles. The molecule has 0 aromatic heterocycles. The average molecular weight is 305 g/mol. The Hall–Kier alpha value is -1.68. The number of benzene rings is 1. The molecule has 1 aromatic carbocycles. The van der Waals surface area contributed by atoms with Gasteiger partial charge in [0.05, 0.1) is 19.6 Å². The first kappa shape index (κ1) is 16.7. The lowest BCUT2D eigenvalue weighted by Gasteiger charge is -2.27. The van der Waals surface area contributed by atoms with E-state index >= 15 is 0 Å². The summed E-state index contributed by atoms with van der Waals surface area (Å²) in [6, 6.07) is 6.08. The molecule has 1 aliphatic rings. The van der Waals surface area contributed by atoms with Gasteiger partial charge >= 0.3 is 0 Å². The molecule has 1 aromatic rings. The number of rotatable bonds is 6. The Morgan fingerprint density at radius 2 is 2.00 bits per heavy atom. The van der Waals surface area contributed by atoms with Gasteiger partial charge in [0.25, 0.3) is 0 Å². The van der Waals surface area contributed by atoms with Crippen molar-refractivity contribution in [1.82, 2.24) is 5.32 Å². The lowest BCUT2D eigenvalue weighted by Crippen LogP contribution is -3.13. The maximum Gasteiger partial charge on any atom is 0.244 e. The molecular weight excluding hydrogens is 279 g/mol. The fourth-order valence-corrected chi connectivity index (χ4v) is 2.78. The summed E-state index contributed by atoms with van der Waals surface area (Å²) in [5.74, 6) is 0.517. The van der Waals surface area contributed by atoms with Gasteiger partial charge < -0.3 is 10.2 Å². The zero-order valence-electron chi connectivity index (χ0n) is 13.3. The van der Waals surface area contributed by atoms with E-state index in [1.165, 1.54) is 44.1 Å². The summed E-state index contributed by atoms with van der Waals surface area (Å²) in [7, 11) is 0. The normalized spacial score (nSPS) is 21.9. The number of likely N-dealkylation sites (tertiary alicyclic amines) is 1. The molecule has 1 fully saturated rings. The molecule has 120 valence electrons. The van der Waals surface area contributed by atoms with E-state index in [1.807, 2.05) is 0 Å². The molecule has 2 rings (SSSR count). The van der Waals surface area contributed by atoms with Gasteiger partial charge in [0.15, 0.2) is 0 Å². The third-order valence-electron chi connectivity index (χ3n) is 4.28. The maximum atomic E-state index is 12.8. The van der Waals surface area contributed by atoms with E-state index in [9.17, 15) is 9.18 Å². The Balaban J connectivity index is 1.60. The summed E-state index contributed by atoms with van der Waals surface area (Å²) >= 11 is 0. The van der Waals surface area contributed by atoms with Gasteiger partial charge in [0, 0.05) is 19.0 Å². The van der Waals surface area contributed by atoms with Gasteiger partial charge in [-0.3, -0.25) is 4.79 Å². The molecular formula is C18H26FN2O+. The second kappa shape index (κ2) is 8.69. The van der Waals surface area contributed by atoms with Crippen LogP contribution in [-0.2, 0) is 4.79 Å². The van der Waals surface area contributed by atoms with Crippen LogP contribution in [0.4, 0.5) is 4.39 Å². The van der Waals surface area contributed by atoms with Crippen LogP contribution in [0.2, 0.25) is 0 Å². The van der Waals surface area contributed by atoms with E-state index in [0.29, 0.717) is 6.54 Å². The molecule has 1 aliphatic heterocycles. The van der Waals surface area contributed by atoms with Crippen LogP contribution in [0.25, 0.3) is 6.08 Å². The Bertz CT molecular complexity index is 490. The molecule has 3 nitrogen and oxygen atoms in total. The van der Waals surface area contributed by atoms with Gasteiger partial charge in [0.2, 0.25) is 5.91 Å². The fourth-order valence-electron chi connectivity index (χ4n) is 2.78. The molecule has 0 saturated carbocycles. The zero-order chi connectivity index (χ0) is 15.8. The number of hydrogen-bond acceptors (Lipinski definition) is 1. The molecule has 0 unspecified atom stereocenters. The van der Waals surface area contributed by atoms with E-state index in [2.05, 4.69) is 12.2 Å². The third kappa shape index (κ3) is 5.98. The smallest absolute Gasteiger partial charge is 0.244 e. The van der Waals surface area contributed by atoms with E-state index in [4.69, 9.17) is 0 Å². The summed E-state index contributed by atoms with van der Waals surface area (Å²) < 4.78 is 12.8. The van der Waals surface area contributed by atoms with Crippen LogP contribution < -0.4 is 10.2 Å². The van der Waals surface area contributed by atoms with E-state index in [0.717, 1.165) is 24.4 Å². The number of piperidine rings is 1. The van der Waals surface area contributed by atoms with Crippen LogP contribution in [0.15, 0.2) is 30.3 Å². The van der Waals surface area contributed by atoms with Crippen molar-refractivity contribution >= 4 is 12.0 Å². The van der Waals surface area contributed by atoms with Crippen molar-refractivity contribution in [2.75, 3.05) is 26.2 Å². The van der Waals surface area contributed by atoms with Gasteiger partial charge in [-0.1, -0.05) is 19.1 Å². The lowest BCUT2D eigenvalue weighted by atomic mass is 9.99. The maximum absolute atomic E-state index is 12.8. The summed E-state index contributed by atoms with van der Waals surface area (Å²) in [5.41, 5.74) is 0.823. The van der Waals surface area contributed by atoms with E-state index in [-0.39, 0.29) is 11.7 Å². The van der Waals surface area contributed by atoms with Gasteiger partial charge in [-0.2, -0.15) is 0 Å². The number of carbonyl (C=O) groups is 1. The number of nitrogens with one attached hydrogen (secondary N) is 2. The Kier molecular flexibility index (Phi) is 6.59. The first-order valence-electron chi connectivity index (χ1n) is 8.18. The molecule has 4 heteroatoms. The standard InChI is InChI=1S/C18H25FN2O/c1-15-9-13-21(14-10-15)12-2-11-20-18(22)8-5-16-3-6-17(19)7-4-16/h3-8,15H,2,9-14H2,1H3,(H,20,22)/p+1/b8-5+. The largest absolute Gasteiger partial charge is 0.352 e. The van der Waals surface area contributed by atoms with Crippen LogP contribution >= 0.6 is 0 Å². The molecule has 0 spiro atoms. The van der Waals surface area contributed by atoms with Crippen LogP contribution in [0.1, 0.15) is 31.7 Å². The summed E-state index contributed by atoms with van der Waals surface area (Å²) in [5, 5.41) is 2.90. The molecule has 0 radical (unpaired) electrons. The SMILES string of the molecule is CC1CC[NH+](CCCNC(=O)/C=C/c2ccc(F)cc2)CC1. The zero-order valence-corrected chi connectivity index (χ0v) is 13.3. The minimum atomic E-state index is -0.267. The highest BCUT2D eigenvalue weighted by molar-refractivity contribution is 5.91. The predicted octanol–water partition coefficient (Wildman–Crippen LogP) is 1.66. The summed E-state index contributed by atoms with van der Waals surface area (Å²) in [6.45, 7) is 6.70. The van der Waals surface area contributed by atoms with Crippen LogP contribution in [0, 0.1) is 11.7 Å². The molecule has 0 bridgehead atoms. The van der Waals surface area contributed by atoms with E-state index < -0.39 is 0 Å². The Morgan fingerprint density at radius 1 is 1.32 bits per heavy atom. The van der Waals surface area contributed by atoms with Gasteiger partial charge in [0.1, 0.15) is 5.82 Å². The van der Waals surface area contributed by atoms with Crippen molar-refractivity contribution in [3.63, 3.8) is 0 Å². The fraction of sp³-hybridized carbons (Fsp3) is 0.500. The first-order chi connectivity index (χ1) is 10.6. The predicted molar refractivity (Wildman–Crippen MR) is 87.0 cm³/mol. The first-order valence-corrected chi connectivity index (χ1v) is 8.18. The van der Waals surface area contributed by atoms with Gasteiger partial charge in [-0.05, 0) is 42.5 Å². The second-order valence-electron chi connectivity index (χ2n) is 6.21. The Labute approximate surface area is 132 Å².